The summed E-state index contributed by atoms with van der Waals surface area (Å²) in [6, 6.07) is -13.6. The summed E-state index contributed by atoms with van der Waals surface area (Å²) >= 11 is 0. The van der Waals surface area contributed by atoms with Gasteiger partial charge in [-0.1, -0.05) is 18.1 Å². The smallest absolute Gasteiger partial charge is 0.255 e. The molecule has 2 N–H and O–H groups in total. The summed E-state index contributed by atoms with van der Waals surface area (Å²) in [5.41, 5.74) is -7.71. The van der Waals surface area contributed by atoms with E-state index in [4.69, 9.17) is 34.3 Å². The maximum atomic E-state index is 16.4. The highest BCUT2D eigenvalue weighted by Gasteiger charge is 2.39. The van der Waals surface area contributed by atoms with E-state index in [2.05, 4.69) is 4.74 Å². The molecular formula is C25H27FN4O4. The van der Waals surface area contributed by atoms with Gasteiger partial charge in [0.05, 0.1) is 33.7 Å². The van der Waals surface area contributed by atoms with Crippen LogP contribution in [0.2, 0.25) is 0 Å². The number of morpholine rings is 1. The SMILES string of the molecule is [2H]c1c([2H])c(NC([2H])([2H])c2c([2H])c([2H])c(C([2H])([2H])N3C([2H])([2H])C([2H])([2H])OC([2H])([2H])C3([2H])[2H])c([2H])c2F)c2c(c1[2H])C(=O)N([C@]1([2H])C(=O)NC(=O)C([2H])([2H])C1([2H])[2H])C2([2H])[2H]. The highest BCUT2D eigenvalue weighted by atomic mass is 19.1. The standard InChI is InChI=1S/C25H27FN4O4/c26-20-12-16(14-29-8-10-34-11-9-29)4-5-17(20)13-27-21-3-1-2-18-19(21)15-30(25(18)33)22-6-7-23(31)28-24(22)32/h1-5,12,22,27H,6-11,13-15H2,(H,28,31,32)/t22-/m0/s1/i1D,2D,3D,4D,5D,6D2,7D2,8D2,9D2,10D2,11D2,12D,13D2,14D2,15D2,22D. The normalized spacial score (nSPS) is 45.0. The van der Waals surface area contributed by atoms with Gasteiger partial charge in [-0.3, -0.25) is 24.6 Å². The maximum absolute atomic E-state index is 16.4. The van der Waals surface area contributed by atoms with Gasteiger partial charge in [-0.2, -0.15) is 0 Å². The number of nitrogens with one attached hydrogen (secondary N) is 2. The lowest BCUT2D eigenvalue weighted by atomic mass is 10.0. The molecule has 178 valence electrons. The number of hydrogen-bond acceptors (Lipinski definition) is 6. The third-order valence-electron chi connectivity index (χ3n) is 4.20. The number of halogens is 1. The van der Waals surface area contributed by atoms with Crippen LogP contribution in [0.15, 0.2) is 36.3 Å². The van der Waals surface area contributed by atoms with Crippen LogP contribution in [0, 0.1) is 5.82 Å². The van der Waals surface area contributed by atoms with E-state index in [1.54, 1.807) is 5.32 Å². The molecular weight excluding hydrogens is 439 g/mol. The first-order valence-corrected chi connectivity index (χ1v) is 9.05. The second-order valence-corrected chi connectivity index (χ2v) is 6.30. The summed E-state index contributed by atoms with van der Waals surface area (Å²) in [6.45, 7) is -27.8. The number of hydrogen-bond donors (Lipinski definition) is 2. The largest absolute Gasteiger partial charge is 0.381 e. The fourth-order valence-corrected chi connectivity index (χ4v) is 2.74. The molecule has 34 heavy (non-hydrogen) atoms. The van der Waals surface area contributed by atoms with Crippen LogP contribution in [0.25, 0.3) is 0 Å². The van der Waals surface area contributed by atoms with Crippen LogP contribution in [0.5, 0.6) is 0 Å². The van der Waals surface area contributed by atoms with Gasteiger partial charge in [0.1, 0.15) is 11.8 Å². The summed E-state index contributed by atoms with van der Waals surface area (Å²) in [4.78, 5) is 37.9. The van der Waals surface area contributed by atoms with Crippen molar-refractivity contribution in [1.82, 2.24) is 15.1 Å². The zero-order valence-corrected chi connectivity index (χ0v) is 16.4. The van der Waals surface area contributed by atoms with Gasteiger partial charge >= 0.3 is 0 Å². The van der Waals surface area contributed by atoms with Crippen molar-refractivity contribution >= 4 is 23.4 Å². The summed E-state index contributed by atoms with van der Waals surface area (Å²) in [5, 5.41) is 3.03. The minimum absolute atomic E-state index is 0.563. The first kappa shape index (κ1) is 7.60. The molecule has 2 aromatic rings. The molecule has 0 saturated carbocycles. The number of benzene rings is 2. The van der Waals surface area contributed by atoms with Gasteiger partial charge in [-0.05, 0) is 30.1 Å². The molecule has 2 aromatic carbocycles. The molecule has 2 saturated heterocycles. The van der Waals surface area contributed by atoms with Gasteiger partial charge in [-0.25, -0.2) is 4.39 Å². The van der Waals surface area contributed by atoms with Crippen LogP contribution in [0.1, 0.15) is 74.1 Å². The molecule has 3 aliphatic heterocycles. The Hall–Kier alpha value is -3.30. The van der Waals surface area contributed by atoms with Gasteiger partial charge in [0.15, 0.2) is 0 Å². The highest BCUT2D eigenvalue weighted by molar-refractivity contribution is 6.06. The van der Waals surface area contributed by atoms with Crippen molar-refractivity contribution in [2.75, 3.05) is 31.4 Å². The average Bonchev–Trinajstić information content (AvgIpc) is 3.26. The summed E-state index contributed by atoms with van der Waals surface area (Å²) in [5.74, 6) is -8.33. The zero-order chi connectivity index (χ0) is 45.9. The molecule has 3 heterocycles. The molecule has 8 nitrogen and oxygen atoms in total. The number of fused-ring (bicyclic) bond motifs is 1. The van der Waals surface area contributed by atoms with Gasteiger partial charge in [0.25, 0.3) is 5.91 Å². The van der Waals surface area contributed by atoms with Crippen molar-refractivity contribution in [1.29, 1.82) is 0 Å². The zero-order valence-electron chi connectivity index (χ0n) is 41.4. The number of carbonyl (C=O) groups is 3. The monoisotopic (exact) mass is 491 g/mol. The van der Waals surface area contributed by atoms with Gasteiger partial charge in [0.2, 0.25) is 11.8 Å². The second kappa shape index (κ2) is 9.52. The van der Waals surface area contributed by atoms with Crippen LogP contribution in [-0.4, -0.2) is 59.7 Å². The van der Waals surface area contributed by atoms with E-state index in [0.29, 0.717) is 0 Å². The number of anilines is 1. The number of piperidine rings is 1. The molecule has 3 aliphatic rings. The molecule has 3 amide bonds. The van der Waals surface area contributed by atoms with Crippen molar-refractivity contribution in [3.05, 3.63) is 64.3 Å². The predicted octanol–water partition coefficient (Wildman–Crippen LogP) is 2.03. The Kier molecular flexibility index (Phi) is 2.13. The van der Waals surface area contributed by atoms with Crippen molar-refractivity contribution < 1.29 is 57.8 Å². The Morgan fingerprint density at radius 1 is 1.26 bits per heavy atom. The molecule has 5 rings (SSSR count). The first-order chi connectivity index (χ1) is 26.1. The van der Waals surface area contributed by atoms with Crippen molar-refractivity contribution in [3.8, 4) is 0 Å². The minimum Gasteiger partial charge on any atom is -0.381 e. The molecule has 2 fully saturated rings. The van der Waals surface area contributed by atoms with E-state index in [1.807, 2.05) is 0 Å². The topological polar surface area (TPSA) is 91.0 Å². The van der Waals surface area contributed by atoms with Crippen LogP contribution in [0.3, 0.4) is 0 Å². The molecule has 0 bridgehead atoms. The number of carbonyl (C=O) groups excluding carboxylic acids is 3. The second-order valence-electron chi connectivity index (χ2n) is 6.30. The predicted molar refractivity (Wildman–Crippen MR) is 122 cm³/mol. The third kappa shape index (κ3) is 4.53. The summed E-state index contributed by atoms with van der Waals surface area (Å²) in [6.07, 6.45) is -7.95. The maximum Gasteiger partial charge on any atom is 0.255 e. The van der Waals surface area contributed by atoms with Crippen LogP contribution in [-0.2, 0) is 33.8 Å². The van der Waals surface area contributed by atoms with Gasteiger partial charge in [-0.15, -0.1) is 0 Å². The number of amides is 3. The number of nitrogens with zero attached hydrogens (tertiary/aromatic N) is 2. The van der Waals surface area contributed by atoms with Crippen LogP contribution >= 0.6 is 0 Å². The summed E-state index contributed by atoms with van der Waals surface area (Å²) in [7, 11) is 0. The van der Waals surface area contributed by atoms with Crippen molar-refractivity contribution in [2.24, 2.45) is 0 Å². The molecule has 0 radical (unpaired) electrons. The van der Waals surface area contributed by atoms with Crippen molar-refractivity contribution in [2.45, 2.75) is 38.3 Å². The van der Waals surface area contributed by atoms with E-state index in [9.17, 15) is 14.4 Å². The van der Waals surface area contributed by atoms with Gasteiger partial charge in [0, 0.05) is 74.9 Å². The Balaban J connectivity index is 1.73. The fraction of sp³-hybridized carbons (Fsp3) is 0.400. The Bertz CT molecular complexity index is 2200. The third-order valence-corrected chi connectivity index (χ3v) is 4.20. The minimum atomic E-state index is -4.16. The Morgan fingerprint density at radius 3 is 2.91 bits per heavy atom. The lowest BCUT2D eigenvalue weighted by molar-refractivity contribution is -0.136. The van der Waals surface area contributed by atoms with E-state index in [0.717, 1.165) is 0 Å². The van der Waals surface area contributed by atoms with E-state index < -0.39 is 162 Å². The van der Waals surface area contributed by atoms with Gasteiger partial charge < -0.3 is 15.0 Å². The Morgan fingerprint density at radius 2 is 2.09 bits per heavy atom. The van der Waals surface area contributed by atoms with E-state index in [-0.39, 0.29) is 0 Å². The first-order valence-electron chi connectivity index (χ1n) is 21.6. The molecule has 9 heteroatoms. The number of rotatable bonds is 6. The highest BCUT2D eigenvalue weighted by Crippen LogP contribution is 2.32. The number of imide groups is 1. The number of ether oxygens (including phenoxy) is 1. The average molecular weight is 492 g/mol. The molecule has 0 aromatic heterocycles. The Labute approximate surface area is 232 Å². The van der Waals surface area contributed by atoms with E-state index in [1.165, 1.54) is 5.32 Å². The van der Waals surface area contributed by atoms with E-state index >= 15 is 4.39 Å². The molecule has 1 atom stereocenters. The molecule has 0 aliphatic carbocycles. The molecule has 0 spiro atoms. The summed E-state index contributed by atoms with van der Waals surface area (Å²) < 4.78 is 228. The van der Waals surface area contributed by atoms with Crippen molar-refractivity contribution in [3.63, 3.8) is 0 Å². The van der Waals surface area contributed by atoms with Crippen LogP contribution < -0.4 is 10.6 Å². The lowest BCUT2D eigenvalue weighted by Crippen LogP contribution is -2.52. The van der Waals surface area contributed by atoms with Crippen LogP contribution in [0.4, 0.5) is 10.1 Å². The molecule has 0 unspecified atom stereocenters. The quantitative estimate of drug-likeness (QED) is 0.601. The fourth-order valence-electron chi connectivity index (χ4n) is 2.74. The lowest BCUT2D eigenvalue weighted by Gasteiger charge is -2.29.